The summed E-state index contributed by atoms with van der Waals surface area (Å²) in [6, 6.07) is 3.51. The van der Waals surface area contributed by atoms with Gasteiger partial charge in [0.05, 0.1) is 5.02 Å². The predicted molar refractivity (Wildman–Crippen MR) is 84.7 cm³/mol. The molecule has 0 amide bonds. The zero-order valence-electron chi connectivity index (χ0n) is 11.4. The average molecular weight is 315 g/mol. The second-order valence-corrected chi connectivity index (χ2v) is 5.84. The quantitative estimate of drug-likeness (QED) is 0.815. The molecule has 1 aliphatic rings. The maximum absolute atomic E-state index is 10.3. The van der Waals surface area contributed by atoms with Crippen molar-refractivity contribution in [1.29, 1.82) is 0 Å². The van der Waals surface area contributed by atoms with E-state index in [2.05, 4.69) is 16.8 Å². The zero-order valence-corrected chi connectivity index (χ0v) is 12.9. The summed E-state index contributed by atoms with van der Waals surface area (Å²) < 4.78 is 0. The monoisotopic (exact) mass is 314 g/mol. The maximum atomic E-state index is 10.3. The van der Waals surface area contributed by atoms with Crippen molar-refractivity contribution in [3.05, 3.63) is 40.4 Å². The number of allylic oxidation sites excluding steroid dienone is 1. The molecule has 1 aliphatic heterocycles. The van der Waals surface area contributed by atoms with Gasteiger partial charge in [-0.3, -0.25) is 4.90 Å². The van der Waals surface area contributed by atoms with Crippen molar-refractivity contribution in [1.82, 2.24) is 10.2 Å². The van der Waals surface area contributed by atoms with E-state index < -0.39 is 0 Å². The highest BCUT2D eigenvalue weighted by Crippen LogP contribution is 2.39. The van der Waals surface area contributed by atoms with Crippen LogP contribution in [0.5, 0.6) is 5.75 Å². The fourth-order valence-corrected chi connectivity index (χ4v) is 3.15. The Morgan fingerprint density at radius 1 is 1.35 bits per heavy atom. The topological polar surface area (TPSA) is 35.5 Å². The smallest absolute Gasteiger partial charge is 0.139 e. The molecule has 1 aromatic rings. The minimum absolute atomic E-state index is 0.117. The fraction of sp³-hybridized carbons (Fsp3) is 0.467. The van der Waals surface area contributed by atoms with Crippen LogP contribution in [-0.2, 0) is 0 Å². The third kappa shape index (κ3) is 3.67. The number of phenols is 1. The number of rotatable bonds is 5. The molecule has 3 nitrogen and oxygen atoms in total. The molecule has 2 rings (SSSR count). The van der Waals surface area contributed by atoms with Crippen LogP contribution in [0.15, 0.2) is 24.8 Å². The van der Waals surface area contributed by atoms with Crippen LogP contribution in [0.2, 0.25) is 10.0 Å². The maximum Gasteiger partial charge on any atom is 0.139 e. The molecule has 0 aliphatic carbocycles. The van der Waals surface area contributed by atoms with Crippen molar-refractivity contribution in [2.75, 3.05) is 26.2 Å². The van der Waals surface area contributed by atoms with Crippen LogP contribution in [0.3, 0.4) is 0 Å². The molecule has 0 bridgehead atoms. The molecular formula is C15H20Cl2N2O. The molecule has 1 fully saturated rings. The van der Waals surface area contributed by atoms with Gasteiger partial charge in [-0.15, -0.1) is 6.58 Å². The Kier molecular flexibility index (Phi) is 5.73. The number of phenolic OH excluding ortho intramolecular Hbond substituents is 1. The second kappa shape index (κ2) is 7.32. The standard InChI is InChI=1S/C15H20Cl2N2O/c1-2-3-4-14(19-7-5-18-6-8-19)12-9-11(16)10-13(17)15(12)20/h2,9-10,14,18,20H,1,3-8H2/t14-/m0/s1. The lowest BCUT2D eigenvalue weighted by Crippen LogP contribution is -2.45. The number of benzene rings is 1. The van der Waals surface area contributed by atoms with Gasteiger partial charge < -0.3 is 10.4 Å². The molecule has 1 aromatic carbocycles. The number of piperazine rings is 1. The van der Waals surface area contributed by atoms with Crippen molar-refractivity contribution in [3.8, 4) is 5.75 Å². The molecule has 0 saturated carbocycles. The van der Waals surface area contributed by atoms with Gasteiger partial charge in [0.15, 0.2) is 0 Å². The van der Waals surface area contributed by atoms with Gasteiger partial charge in [-0.25, -0.2) is 0 Å². The highest BCUT2D eigenvalue weighted by Gasteiger charge is 2.25. The van der Waals surface area contributed by atoms with Crippen molar-refractivity contribution in [3.63, 3.8) is 0 Å². The Morgan fingerprint density at radius 2 is 2.05 bits per heavy atom. The van der Waals surface area contributed by atoms with E-state index in [1.54, 1.807) is 6.07 Å². The summed E-state index contributed by atoms with van der Waals surface area (Å²) in [4.78, 5) is 2.36. The van der Waals surface area contributed by atoms with Gasteiger partial charge in [-0.2, -0.15) is 0 Å². The van der Waals surface area contributed by atoms with Crippen LogP contribution in [0.25, 0.3) is 0 Å². The summed E-state index contributed by atoms with van der Waals surface area (Å²) in [5.41, 5.74) is 0.811. The number of hydrogen-bond donors (Lipinski definition) is 2. The van der Waals surface area contributed by atoms with Gasteiger partial charge in [-0.1, -0.05) is 29.3 Å². The Labute approximate surface area is 130 Å². The summed E-state index contributed by atoms with van der Waals surface area (Å²) in [6.45, 7) is 7.60. The lowest BCUT2D eigenvalue weighted by atomic mass is 9.98. The summed E-state index contributed by atoms with van der Waals surface area (Å²) in [5.74, 6) is 0.142. The number of hydrogen-bond acceptors (Lipinski definition) is 3. The minimum atomic E-state index is 0.117. The molecule has 1 heterocycles. The van der Waals surface area contributed by atoms with Crippen LogP contribution >= 0.6 is 23.2 Å². The first-order valence-electron chi connectivity index (χ1n) is 6.87. The number of aromatic hydroxyl groups is 1. The van der Waals surface area contributed by atoms with E-state index in [0.29, 0.717) is 10.0 Å². The summed E-state index contributed by atoms with van der Waals surface area (Å²) in [7, 11) is 0. The SMILES string of the molecule is C=CCC[C@@H](c1cc(Cl)cc(Cl)c1O)N1CCNCC1. The zero-order chi connectivity index (χ0) is 14.5. The minimum Gasteiger partial charge on any atom is -0.506 e. The lowest BCUT2D eigenvalue weighted by Gasteiger charge is -2.35. The lowest BCUT2D eigenvalue weighted by molar-refractivity contribution is 0.163. The largest absolute Gasteiger partial charge is 0.506 e. The highest BCUT2D eigenvalue weighted by atomic mass is 35.5. The molecule has 0 aromatic heterocycles. The first-order valence-corrected chi connectivity index (χ1v) is 7.62. The first kappa shape index (κ1) is 15.6. The van der Waals surface area contributed by atoms with E-state index in [-0.39, 0.29) is 11.8 Å². The molecule has 1 atom stereocenters. The first-order chi connectivity index (χ1) is 9.63. The molecule has 2 N–H and O–H groups in total. The molecule has 0 radical (unpaired) electrons. The highest BCUT2D eigenvalue weighted by molar-refractivity contribution is 6.35. The Morgan fingerprint density at radius 3 is 2.70 bits per heavy atom. The molecular weight excluding hydrogens is 295 g/mol. The normalized spacial score (nSPS) is 17.9. The Bertz CT molecular complexity index is 473. The van der Waals surface area contributed by atoms with Crippen molar-refractivity contribution >= 4 is 23.2 Å². The van der Waals surface area contributed by atoms with E-state index in [9.17, 15) is 5.11 Å². The van der Waals surface area contributed by atoms with Crippen LogP contribution in [0.1, 0.15) is 24.4 Å². The van der Waals surface area contributed by atoms with E-state index in [1.807, 2.05) is 12.1 Å². The van der Waals surface area contributed by atoms with Crippen LogP contribution < -0.4 is 5.32 Å². The third-order valence-corrected chi connectivity index (χ3v) is 4.16. The molecule has 1 saturated heterocycles. The van der Waals surface area contributed by atoms with Gasteiger partial charge in [0.1, 0.15) is 5.75 Å². The van der Waals surface area contributed by atoms with Crippen LogP contribution in [0, 0.1) is 0 Å². The molecule has 0 spiro atoms. The number of halogens is 2. The summed E-state index contributed by atoms with van der Waals surface area (Å²) in [6.07, 6.45) is 3.68. The van der Waals surface area contributed by atoms with Gasteiger partial charge >= 0.3 is 0 Å². The number of nitrogens with one attached hydrogen (secondary N) is 1. The van der Waals surface area contributed by atoms with Crippen molar-refractivity contribution < 1.29 is 5.11 Å². The van der Waals surface area contributed by atoms with E-state index in [0.717, 1.165) is 44.6 Å². The van der Waals surface area contributed by atoms with Gasteiger partial charge in [0.25, 0.3) is 0 Å². The van der Waals surface area contributed by atoms with E-state index in [4.69, 9.17) is 23.2 Å². The molecule has 5 heteroatoms. The molecule has 0 unspecified atom stereocenters. The number of nitrogens with zero attached hydrogens (tertiary/aromatic N) is 1. The van der Waals surface area contributed by atoms with Crippen molar-refractivity contribution in [2.45, 2.75) is 18.9 Å². The average Bonchev–Trinajstić information content (AvgIpc) is 2.45. The summed E-state index contributed by atoms with van der Waals surface area (Å²) in [5, 5.41) is 14.5. The van der Waals surface area contributed by atoms with Gasteiger partial charge in [0, 0.05) is 42.8 Å². The van der Waals surface area contributed by atoms with Gasteiger partial charge in [-0.05, 0) is 25.0 Å². The third-order valence-electron chi connectivity index (χ3n) is 3.65. The fourth-order valence-electron chi connectivity index (χ4n) is 2.64. The molecule has 20 heavy (non-hydrogen) atoms. The van der Waals surface area contributed by atoms with Crippen molar-refractivity contribution in [2.24, 2.45) is 0 Å². The van der Waals surface area contributed by atoms with E-state index in [1.165, 1.54) is 0 Å². The van der Waals surface area contributed by atoms with Gasteiger partial charge in [0.2, 0.25) is 0 Å². The predicted octanol–water partition coefficient (Wildman–Crippen LogP) is 3.61. The summed E-state index contributed by atoms with van der Waals surface area (Å²) >= 11 is 12.1. The Balaban J connectivity index is 2.31. The second-order valence-electron chi connectivity index (χ2n) is 4.99. The Hall–Kier alpha value is -0.740. The molecule has 110 valence electrons. The van der Waals surface area contributed by atoms with E-state index >= 15 is 0 Å². The van der Waals surface area contributed by atoms with Crippen LogP contribution in [0.4, 0.5) is 0 Å². The van der Waals surface area contributed by atoms with Crippen LogP contribution in [-0.4, -0.2) is 36.2 Å².